The monoisotopic (exact) mass is 298 g/mol. The fourth-order valence-electron chi connectivity index (χ4n) is 2.20. The number of aromatic nitrogens is 3. The second-order valence-electron chi connectivity index (χ2n) is 5.09. The molecule has 2 heterocycles. The summed E-state index contributed by atoms with van der Waals surface area (Å²) in [5, 5.41) is 4.30. The molecule has 0 N–H and O–H groups in total. The molecule has 6 nitrogen and oxygen atoms in total. The maximum atomic E-state index is 12.2. The Balaban J connectivity index is 1.58. The van der Waals surface area contributed by atoms with Crippen LogP contribution in [0.25, 0.3) is 5.65 Å². The Labute approximate surface area is 128 Å². The third-order valence-electron chi connectivity index (χ3n) is 3.35. The van der Waals surface area contributed by atoms with E-state index in [1.807, 2.05) is 60.5 Å². The average molecular weight is 298 g/mol. The van der Waals surface area contributed by atoms with Gasteiger partial charge in [0.15, 0.2) is 5.65 Å². The first kappa shape index (κ1) is 14.3. The first-order valence-electron chi connectivity index (χ1n) is 7.14. The zero-order chi connectivity index (χ0) is 15.4. The van der Waals surface area contributed by atoms with Gasteiger partial charge in [0.05, 0.1) is 6.67 Å². The molecule has 0 amide bonds. The summed E-state index contributed by atoms with van der Waals surface area (Å²) in [6, 6.07) is 15.2. The standard InChI is InChI=1S/C16H18N4O2/c1-18(11-12-22-14-7-3-2-4-8-14)13-20-16(21)19-10-6-5-9-15(19)17-20/h2-10H,11-13H2,1H3. The number of para-hydroxylation sites is 1. The van der Waals surface area contributed by atoms with Crippen LogP contribution in [0.1, 0.15) is 0 Å². The summed E-state index contributed by atoms with van der Waals surface area (Å²) < 4.78 is 8.64. The van der Waals surface area contributed by atoms with E-state index < -0.39 is 0 Å². The maximum Gasteiger partial charge on any atom is 0.351 e. The van der Waals surface area contributed by atoms with Gasteiger partial charge in [-0.3, -0.25) is 9.30 Å². The molecule has 0 aliphatic rings. The number of benzene rings is 1. The Morgan fingerprint density at radius 2 is 1.91 bits per heavy atom. The molecule has 0 radical (unpaired) electrons. The number of fused-ring (bicyclic) bond motifs is 1. The van der Waals surface area contributed by atoms with Crippen LogP contribution in [0.3, 0.4) is 0 Å². The molecule has 0 unspecified atom stereocenters. The second kappa shape index (κ2) is 6.44. The van der Waals surface area contributed by atoms with Crippen LogP contribution in [0.15, 0.2) is 59.5 Å². The lowest BCUT2D eigenvalue weighted by Crippen LogP contribution is -2.32. The third kappa shape index (κ3) is 3.17. The van der Waals surface area contributed by atoms with Crippen LogP contribution in [-0.4, -0.2) is 39.3 Å². The fourth-order valence-corrected chi connectivity index (χ4v) is 2.20. The molecule has 3 rings (SSSR count). The number of hydrogen-bond acceptors (Lipinski definition) is 4. The molecule has 6 heteroatoms. The summed E-state index contributed by atoms with van der Waals surface area (Å²) >= 11 is 0. The molecule has 0 fully saturated rings. The lowest BCUT2D eigenvalue weighted by Gasteiger charge is -2.16. The molecule has 0 bridgehead atoms. The molecule has 0 atom stereocenters. The molecule has 2 aromatic heterocycles. The average Bonchev–Trinajstić information content (AvgIpc) is 2.85. The van der Waals surface area contributed by atoms with Crippen molar-refractivity contribution in [1.82, 2.24) is 19.1 Å². The first-order chi connectivity index (χ1) is 10.7. The predicted octanol–water partition coefficient (Wildman–Crippen LogP) is 1.46. The van der Waals surface area contributed by atoms with Crippen molar-refractivity contribution in [3.63, 3.8) is 0 Å². The van der Waals surface area contributed by atoms with Gasteiger partial charge in [-0.2, -0.15) is 4.68 Å². The van der Waals surface area contributed by atoms with Gasteiger partial charge >= 0.3 is 5.69 Å². The number of rotatable bonds is 6. The van der Waals surface area contributed by atoms with Gasteiger partial charge in [-0.25, -0.2) is 4.79 Å². The van der Waals surface area contributed by atoms with Gasteiger partial charge in [-0.1, -0.05) is 24.3 Å². The number of hydrogen-bond donors (Lipinski definition) is 0. The molecule has 114 valence electrons. The van der Waals surface area contributed by atoms with Crippen molar-refractivity contribution in [3.8, 4) is 5.75 Å². The van der Waals surface area contributed by atoms with Crippen molar-refractivity contribution in [2.24, 2.45) is 0 Å². The van der Waals surface area contributed by atoms with Gasteiger partial charge in [0, 0.05) is 12.7 Å². The topological polar surface area (TPSA) is 51.8 Å². The summed E-state index contributed by atoms with van der Waals surface area (Å²) in [5.74, 6) is 0.848. The number of ether oxygens (including phenoxy) is 1. The molecular formula is C16H18N4O2. The summed E-state index contributed by atoms with van der Waals surface area (Å²) in [7, 11) is 1.94. The maximum absolute atomic E-state index is 12.2. The molecule has 0 aliphatic carbocycles. The highest BCUT2D eigenvalue weighted by Gasteiger charge is 2.08. The van der Waals surface area contributed by atoms with E-state index in [0.717, 1.165) is 5.75 Å². The van der Waals surface area contributed by atoms with Crippen LogP contribution in [-0.2, 0) is 6.67 Å². The van der Waals surface area contributed by atoms with E-state index in [2.05, 4.69) is 5.10 Å². The summed E-state index contributed by atoms with van der Waals surface area (Å²) in [6.07, 6.45) is 1.72. The SMILES string of the molecule is CN(CCOc1ccccc1)Cn1nc2ccccn2c1=O. The van der Waals surface area contributed by atoms with Gasteiger partial charge in [0.2, 0.25) is 0 Å². The zero-order valence-electron chi connectivity index (χ0n) is 12.4. The summed E-state index contributed by atoms with van der Waals surface area (Å²) in [6.45, 7) is 1.69. The highest BCUT2D eigenvalue weighted by atomic mass is 16.5. The van der Waals surface area contributed by atoms with Crippen molar-refractivity contribution in [1.29, 1.82) is 0 Å². The van der Waals surface area contributed by atoms with Crippen LogP contribution in [0.4, 0.5) is 0 Å². The van der Waals surface area contributed by atoms with E-state index in [0.29, 0.717) is 25.5 Å². The Morgan fingerprint density at radius 3 is 2.68 bits per heavy atom. The first-order valence-corrected chi connectivity index (χ1v) is 7.14. The Morgan fingerprint density at radius 1 is 1.14 bits per heavy atom. The molecule has 0 saturated heterocycles. The van der Waals surface area contributed by atoms with Crippen molar-refractivity contribution >= 4 is 5.65 Å². The van der Waals surface area contributed by atoms with Gasteiger partial charge in [0.25, 0.3) is 0 Å². The van der Waals surface area contributed by atoms with E-state index in [4.69, 9.17) is 4.74 Å². The largest absolute Gasteiger partial charge is 0.492 e. The van der Waals surface area contributed by atoms with Gasteiger partial charge in [0.1, 0.15) is 12.4 Å². The number of pyridine rings is 1. The minimum Gasteiger partial charge on any atom is -0.492 e. The fraction of sp³-hybridized carbons (Fsp3) is 0.250. The van der Waals surface area contributed by atoms with Crippen LogP contribution in [0.5, 0.6) is 5.75 Å². The van der Waals surface area contributed by atoms with Crippen molar-refractivity contribution in [2.75, 3.05) is 20.2 Å². The molecule has 3 aromatic rings. The van der Waals surface area contributed by atoms with E-state index in [9.17, 15) is 4.79 Å². The van der Waals surface area contributed by atoms with Gasteiger partial charge in [-0.15, -0.1) is 5.10 Å². The van der Waals surface area contributed by atoms with Crippen LogP contribution >= 0.6 is 0 Å². The van der Waals surface area contributed by atoms with E-state index >= 15 is 0 Å². The Bertz CT molecular complexity index is 795. The van der Waals surface area contributed by atoms with Crippen LogP contribution in [0.2, 0.25) is 0 Å². The Kier molecular flexibility index (Phi) is 4.20. The minimum absolute atomic E-state index is 0.133. The molecule has 1 aromatic carbocycles. The van der Waals surface area contributed by atoms with E-state index in [-0.39, 0.29) is 5.69 Å². The van der Waals surface area contributed by atoms with Gasteiger partial charge < -0.3 is 4.74 Å². The highest BCUT2D eigenvalue weighted by molar-refractivity contribution is 5.35. The predicted molar refractivity (Wildman–Crippen MR) is 84.0 cm³/mol. The van der Waals surface area contributed by atoms with E-state index in [1.165, 1.54) is 9.08 Å². The van der Waals surface area contributed by atoms with Crippen LogP contribution in [0, 0.1) is 0 Å². The van der Waals surface area contributed by atoms with E-state index in [1.54, 1.807) is 6.20 Å². The highest BCUT2D eigenvalue weighted by Crippen LogP contribution is 2.07. The molecule has 0 spiro atoms. The Hall–Kier alpha value is -2.60. The summed E-state index contributed by atoms with van der Waals surface area (Å²) in [5.41, 5.74) is 0.521. The number of nitrogens with zero attached hydrogens (tertiary/aromatic N) is 4. The normalized spacial score (nSPS) is 11.2. The van der Waals surface area contributed by atoms with Gasteiger partial charge in [-0.05, 0) is 31.3 Å². The quantitative estimate of drug-likeness (QED) is 0.691. The third-order valence-corrected chi connectivity index (χ3v) is 3.35. The zero-order valence-corrected chi connectivity index (χ0v) is 12.4. The van der Waals surface area contributed by atoms with Crippen molar-refractivity contribution < 1.29 is 4.74 Å². The lowest BCUT2D eigenvalue weighted by atomic mass is 10.3. The molecular weight excluding hydrogens is 280 g/mol. The smallest absolute Gasteiger partial charge is 0.351 e. The second-order valence-corrected chi connectivity index (χ2v) is 5.09. The minimum atomic E-state index is -0.133. The molecule has 0 saturated carbocycles. The summed E-state index contributed by atoms with van der Waals surface area (Å²) in [4.78, 5) is 14.2. The van der Waals surface area contributed by atoms with Crippen molar-refractivity contribution in [3.05, 3.63) is 65.2 Å². The molecule has 22 heavy (non-hydrogen) atoms. The van der Waals surface area contributed by atoms with Crippen LogP contribution < -0.4 is 10.4 Å². The lowest BCUT2D eigenvalue weighted by molar-refractivity contribution is 0.197. The number of likely N-dealkylation sites (N-methyl/N-ethyl adjacent to an activating group) is 1. The van der Waals surface area contributed by atoms with Crippen molar-refractivity contribution in [2.45, 2.75) is 6.67 Å². The molecule has 0 aliphatic heterocycles.